The molecule has 1 heterocycles. The lowest BCUT2D eigenvalue weighted by molar-refractivity contribution is -0.141. The molecule has 0 radical (unpaired) electrons. The van der Waals surface area contributed by atoms with E-state index in [1.54, 1.807) is 6.92 Å². The van der Waals surface area contributed by atoms with Crippen LogP contribution in [0.4, 0.5) is 5.69 Å². The second-order valence-corrected chi connectivity index (χ2v) is 5.06. The summed E-state index contributed by atoms with van der Waals surface area (Å²) in [5, 5.41) is 6.62. The van der Waals surface area contributed by atoms with Crippen LogP contribution in [0.1, 0.15) is 42.9 Å². The predicted octanol–water partition coefficient (Wildman–Crippen LogP) is 1.35. The molecular weight excluding hydrogens is 272 g/mol. The molecule has 7 nitrogen and oxygen atoms in total. The third-order valence-corrected chi connectivity index (χ3v) is 3.67. The highest BCUT2D eigenvalue weighted by Gasteiger charge is 2.25. The van der Waals surface area contributed by atoms with E-state index in [2.05, 4.69) is 28.8 Å². The number of H-pyrrole nitrogens is 1. The molecule has 1 aromatic rings. The number of hydrogen-bond donors (Lipinski definition) is 2. The van der Waals surface area contributed by atoms with Gasteiger partial charge in [-0.3, -0.25) is 14.7 Å². The molecule has 1 aromatic heterocycles. The second kappa shape index (κ2) is 7.66. The van der Waals surface area contributed by atoms with Crippen LogP contribution in [0, 0.1) is 12.8 Å². The lowest BCUT2D eigenvalue weighted by Gasteiger charge is -2.25. The van der Waals surface area contributed by atoms with Crippen molar-refractivity contribution in [2.75, 3.05) is 25.9 Å². The Kier molecular flexibility index (Phi) is 6.20. The molecule has 0 unspecified atom stereocenters. The molecule has 0 atom stereocenters. The van der Waals surface area contributed by atoms with Gasteiger partial charge in [-0.15, -0.1) is 0 Å². The van der Waals surface area contributed by atoms with Crippen molar-refractivity contribution in [1.82, 2.24) is 15.1 Å². The summed E-state index contributed by atoms with van der Waals surface area (Å²) >= 11 is 0. The molecule has 118 valence electrons. The predicted molar refractivity (Wildman–Crippen MR) is 79.7 cm³/mol. The van der Waals surface area contributed by atoms with E-state index >= 15 is 0 Å². The third kappa shape index (κ3) is 4.21. The van der Waals surface area contributed by atoms with Crippen LogP contribution in [0.3, 0.4) is 0 Å². The number of carbonyl (C=O) groups is 2. The summed E-state index contributed by atoms with van der Waals surface area (Å²) < 4.78 is 4.66. The Hall–Kier alpha value is -2.05. The summed E-state index contributed by atoms with van der Waals surface area (Å²) in [6.07, 6.45) is 1.85. The second-order valence-electron chi connectivity index (χ2n) is 5.06. The maximum absolute atomic E-state index is 12.6. The van der Waals surface area contributed by atoms with Gasteiger partial charge in [-0.1, -0.05) is 26.7 Å². The van der Waals surface area contributed by atoms with Crippen molar-refractivity contribution in [2.45, 2.75) is 33.6 Å². The first-order valence-electron chi connectivity index (χ1n) is 7.11. The summed E-state index contributed by atoms with van der Waals surface area (Å²) in [6.45, 7) is 6.23. The Balaban J connectivity index is 2.96. The number of nitrogen functional groups attached to an aromatic ring is 1. The molecule has 0 aliphatic heterocycles. The highest BCUT2D eigenvalue weighted by atomic mass is 16.5. The van der Waals surface area contributed by atoms with E-state index in [-0.39, 0.29) is 18.1 Å². The molecule has 0 saturated carbocycles. The molecule has 0 spiro atoms. The molecular formula is C14H24N4O3. The van der Waals surface area contributed by atoms with Crippen LogP contribution in [0.15, 0.2) is 0 Å². The topological polar surface area (TPSA) is 101 Å². The standard InChI is InChI=1S/C14H24N4O3/c1-5-10(6-2)7-18(8-11(19)21-4)14(20)13-12(15)9(3)16-17-13/h10H,5-8,15H2,1-4H3,(H,16,17). The number of esters is 1. The van der Waals surface area contributed by atoms with Gasteiger partial charge in [0.2, 0.25) is 0 Å². The first kappa shape index (κ1) is 17.0. The Labute approximate surface area is 124 Å². The van der Waals surface area contributed by atoms with Gasteiger partial charge in [0.05, 0.1) is 18.5 Å². The molecule has 1 rings (SSSR count). The lowest BCUT2D eigenvalue weighted by Crippen LogP contribution is -2.40. The van der Waals surface area contributed by atoms with Crippen molar-refractivity contribution in [3.8, 4) is 0 Å². The minimum absolute atomic E-state index is 0.100. The zero-order valence-corrected chi connectivity index (χ0v) is 13.1. The first-order chi connectivity index (χ1) is 9.94. The summed E-state index contributed by atoms with van der Waals surface area (Å²) in [6, 6.07) is 0. The third-order valence-electron chi connectivity index (χ3n) is 3.67. The van der Waals surface area contributed by atoms with Gasteiger partial charge in [-0.25, -0.2) is 0 Å². The van der Waals surface area contributed by atoms with Crippen LogP contribution in [-0.4, -0.2) is 47.2 Å². The van der Waals surface area contributed by atoms with Crippen molar-refractivity contribution in [2.24, 2.45) is 5.92 Å². The fourth-order valence-electron chi connectivity index (χ4n) is 2.05. The van der Waals surface area contributed by atoms with E-state index in [0.29, 0.717) is 23.8 Å². The zero-order valence-electron chi connectivity index (χ0n) is 13.1. The molecule has 0 fully saturated rings. The van der Waals surface area contributed by atoms with Crippen molar-refractivity contribution in [3.63, 3.8) is 0 Å². The summed E-state index contributed by atoms with van der Waals surface area (Å²) in [5.41, 5.74) is 6.95. The lowest BCUT2D eigenvalue weighted by atomic mass is 10.0. The molecule has 3 N–H and O–H groups in total. The number of amides is 1. The number of anilines is 1. The van der Waals surface area contributed by atoms with E-state index in [0.717, 1.165) is 12.8 Å². The van der Waals surface area contributed by atoms with Crippen LogP contribution >= 0.6 is 0 Å². The van der Waals surface area contributed by atoms with Gasteiger partial charge in [-0.2, -0.15) is 5.10 Å². The summed E-state index contributed by atoms with van der Waals surface area (Å²) in [7, 11) is 1.30. The minimum atomic E-state index is -0.458. The van der Waals surface area contributed by atoms with Crippen LogP contribution < -0.4 is 5.73 Å². The number of methoxy groups -OCH3 is 1. The average Bonchev–Trinajstić information content (AvgIpc) is 2.82. The van der Waals surface area contributed by atoms with Crippen molar-refractivity contribution >= 4 is 17.6 Å². The van der Waals surface area contributed by atoms with Crippen LogP contribution in [0.25, 0.3) is 0 Å². The quantitative estimate of drug-likeness (QED) is 0.740. The highest BCUT2D eigenvalue weighted by Crippen LogP contribution is 2.17. The van der Waals surface area contributed by atoms with E-state index in [1.807, 2.05) is 0 Å². The van der Waals surface area contributed by atoms with Gasteiger partial charge in [-0.05, 0) is 12.8 Å². The first-order valence-corrected chi connectivity index (χ1v) is 7.11. The SMILES string of the molecule is CCC(CC)CN(CC(=O)OC)C(=O)c1n[nH]c(C)c1N. The van der Waals surface area contributed by atoms with Gasteiger partial charge in [0.15, 0.2) is 5.69 Å². The van der Waals surface area contributed by atoms with Gasteiger partial charge in [0.25, 0.3) is 5.91 Å². The number of aromatic nitrogens is 2. The Morgan fingerprint density at radius 2 is 2.00 bits per heavy atom. The smallest absolute Gasteiger partial charge is 0.325 e. The molecule has 21 heavy (non-hydrogen) atoms. The van der Waals surface area contributed by atoms with Gasteiger partial charge >= 0.3 is 5.97 Å². The molecule has 0 bridgehead atoms. The molecule has 0 saturated heterocycles. The maximum Gasteiger partial charge on any atom is 0.325 e. The van der Waals surface area contributed by atoms with Crippen molar-refractivity contribution in [1.29, 1.82) is 0 Å². The highest BCUT2D eigenvalue weighted by molar-refractivity contribution is 5.99. The molecule has 0 aliphatic carbocycles. The van der Waals surface area contributed by atoms with Crippen molar-refractivity contribution < 1.29 is 14.3 Å². The number of carbonyl (C=O) groups excluding carboxylic acids is 2. The number of aryl methyl sites for hydroxylation is 1. The Morgan fingerprint density at radius 3 is 2.43 bits per heavy atom. The monoisotopic (exact) mass is 296 g/mol. The fraction of sp³-hybridized carbons (Fsp3) is 0.643. The van der Waals surface area contributed by atoms with E-state index in [9.17, 15) is 9.59 Å². The minimum Gasteiger partial charge on any atom is -0.468 e. The molecule has 7 heteroatoms. The van der Waals surface area contributed by atoms with Crippen LogP contribution in [-0.2, 0) is 9.53 Å². The zero-order chi connectivity index (χ0) is 16.0. The van der Waals surface area contributed by atoms with E-state index in [4.69, 9.17) is 5.73 Å². The van der Waals surface area contributed by atoms with Crippen molar-refractivity contribution in [3.05, 3.63) is 11.4 Å². The van der Waals surface area contributed by atoms with Gasteiger partial charge in [0, 0.05) is 6.54 Å². The number of nitrogens with one attached hydrogen (secondary N) is 1. The number of nitrogens with two attached hydrogens (primary N) is 1. The molecule has 0 aliphatic rings. The number of nitrogens with zero attached hydrogens (tertiary/aromatic N) is 2. The number of rotatable bonds is 7. The van der Waals surface area contributed by atoms with Crippen LogP contribution in [0.2, 0.25) is 0 Å². The maximum atomic E-state index is 12.6. The van der Waals surface area contributed by atoms with E-state index < -0.39 is 5.97 Å². The summed E-state index contributed by atoms with van der Waals surface area (Å²) in [4.78, 5) is 25.5. The molecule has 0 aromatic carbocycles. The largest absolute Gasteiger partial charge is 0.468 e. The average molecular weight is 296 g/mol. The fourth-order valence-corrected chi connectivity index (χ4v) is 2.05. The normalized spacial score (nSPS) is 10.7. The Bertz CT molecular complexity index is 494. The molecule has 1 amide bonds. The number of ether oxygens (including phenoxy) is 1. The summed E-state index contributed by atoms with van der Waals surface area (Å²) in [5.74, 6) is -0.492. The van der Waals surface area contributed by atoms with E-state index in [1.165, 1.54) is 12.0 Å². The Morgan fingerprint density at radius 1 is 1.38 bits per heavy atom. The van der Waals surface area contributed by atoms with Gasteiger partial charge < -0.3 is 15.4 Å². The van der Waals surface area contributed by atoms with Gasteiger partial charge in [0.1, 0.15) is 6.54 Å². The number of hydrogen-bond acceptors (Lipinski definition) is 5. The number of aromatic amines is 1. The van der Waals surface area contributed by atoms with Crippen LogP contribution in [0.5, 0.6) is 0 Å².